The summed E-state index contributed by atoms with van der Waals surface area (Å²) in [5, 5.41) is 0.603. The number of hydrogen-bond acceptors (Lipinski definition) is 5. The standard InChI is InChI=1S/C20H22FN3O2S/c1-23(2)10-5-11-24(19(25)14-6-4-7-15(21)12-14)20-22-17-9-8-16(26-3)13-18(17)27-20/h4,6-9,12-13H,5,10-11H2,1-3H3. The van der Waals surface area contributed by atoms with Crippen molar-refractivity contribution >= 4 is 32.6 Å². The largest absolute Gasteiger partial charge is 0.497 e. The number of anilines is 1. The summed E-state index contributed by atoms with van der Waals surface area (Å²) in [6.07, 6.45) is 0.785. The number of fused-ring (bicyclic) bond motifs is 1. The molecule has 142 valence electrons. The van der Waals surface area contributed by atoms with E-state index >= 15 is 0 Å². The van der Waals surface area contributed by atoms with Gasteiger partial charge in [-0.05, 0) is 63.5 Å². The third-order valence-electron chi connectivity index (χ3n) is 4.12. The molecule has 0 aliphatic heterocycles. The molecule has 0 unspecified atom stereocenters. The van der Waals surface area contributed by atoms with Crippen LogP contribution in [0.5, 0.6) is 5.75 Å². The Morgan fingerprint density at radius 1 is 1.19 bits per heavy atom. The van der Waals surface area contributed by atoms with Crippen molar-refractivity contribution in [3.8, 4) is 5.75 Å². The molecule has 0 saturated carbocycles. The predicted octanol–water partition coefficient (Wildman–Crippen LogP) is 4.04. The number of methoxy groups -OCH3 is 1. The highest BCUT2D eigenvalue weighted by atomic mass is 32.1. The second-order valence-electron chi connectivity index (χ2n) is 6.45. The van der Waals surface area contributed by atoms with Gasteiger partial charge in [0.2, 0.25) is 0 Å². The molecule has 0 atom stereocenters. The Morgan fingerprint density at radius 2 is 2.00 bits per heavy atom. The fraction of sp³-hybridized carbons (Fsp3) is 0.300. The zero-order chi connectivity index (χ0) is 19.4. The average Bonchev–Trinajstić information content (AvgIpc) is 3.07. The van der Waals surface area contributed by atoms with Crippen LogP contribution < -0.4 is 9.64 Å². The SMILES string of the molecule is COc1ccc2nc(N(CCCN(C)C)C(=O)c3cccc(F)c3)sc2c1. The number of ether oxygens (including phenoxy) is 1. The minimum Gasteiger partial charge on any atom is -0.497 e. The molecule has 1 aromatic heterocycles. The predicted molar refractivity (Wildman–Crippen MR) is 107 cm³/mol. The highest BCUT2D eigenvalue weighted by Crippen LogP contribution is 2.32. The monoisotopic (exact) mass is 387 g/mol. The fourth-order valence-electron chi connectivity index (χ4n) is 2.74. The maximum Gasteiger partial charge on any atom is 0.260 e. The van der Waals surface area contributed by atoms with Crippen molar-refractivity contribution in [3.63, 3.8) is 0 Å². The fourth-order valence-corrected chi connectivity index (χ4v) is 3.76. The lowest BCUT2D eigenvalue weighted by Gasteiger charge is -2.21. The van der Waals surface area contributed by atoms with E-state index in [-0.39, 0.29) is 5.91 Å². The highest BCUT2D eigenvalue weighted by molar-refractivity contribution is 7.22. The highest BCUT2D eigenvalue weighted by Gasteiger charge is 2.21. The van der Waals surface area contributed by atoms with E-state index in [1.807, 2.05) is 32.3 Å². The van der Waals surface area contributed by atoms with Crippen molar-refractivity contribution < 1.29 is 13.9 Å². The Bertz CT molecular complexity index is 942. The zero-order valence-corrected chi connectivity index (χ0v) is 16.4. The van der Waals surface area contributed by atoms with Crippen LogP contribution in [0.1, 0.15) is 16.8 Å². The molecule has 27 heavy (non-hydrogen) atoms. The molecule has 0 fully saturated rings. The number of amides is 1. The Morgan fingerprint density at radius 3 is 2.70 bits per heavy atom. The number of halogens is 1. The Labute approximate surface area is 162 Å². The van der Waals surface area contributed by atoms with Crippen molar-refractivity contribution in [2.75, 3.05) is 39.2 Å². The first-order chi connectivity index (χ1) is 13.0. The third kappa shape index (κ3) is 4.61. The summed E-state index contributed by atoms with van der Waals surface area (Å²) in [6, 6.07) is 11.4. The number of benzene rings is 2. The van der Waals surface area contributed by atoms with Crippen LogP contribution in [0.4, 0.5) is 9.52 Å². The molecule has 3 rings (SSSR count). The molecule has 0 aliphatic carbocycles. The van der Waals surface area contributed by atoms with E-state index in [9.17, 15) is 9.18 Å². The molecule has 0 bridgehead atoms. The van der Waals surface area contributed by atoms with Gasteiger partial charge in [-0.3, -0.25) is 9.69 Å². The normalized spacial score (nSPS) is 11.1. The quantitative estimate of drug-likeness (QED) is 0.614. The van der Waals surface area contributed by atoms with E-state index in [1.165, 1.54) is 23.5 Å². The molecule has 1 heterocycles. The number of thiazole rings is 1. The van der Waals surface area contributed by atoms with Gasteiger partial charge >= 0.3 is 0 Å². The van der Waals surface area contributed by atoms with Gasteiger partial charge in [0.1, 0.15) is 11.6 Å². The summed E-state index contributed by atoms with van der Waals surface area (Å²) < 4.78 is 19.8. The summed E-state index contributed by atoms with van der Waals surface area (Å²) in [6.45, 7) is 1.34. The molecule has 0 N–H and O–H groups in total. The maximum atomic E-state index is 13.6. The van der Waals surface area contributed by atoms with Crippen molar-refractivity contribution in [2.24, 2.45) is 0 Å². The van der Waals surface area contributed by atoms with Crippen LogP contribution in [-0.2, 0) is 0 Å². The smallest absolute Gasteiger partial charge is 0.260 e. The average molecular weight is 387 g/mol. The molecule has 5 nitrogen and oxygen atoms in total. The Hall–Kier alpha value is -2.51. The number of aromatic nitrogens is 1. The summed E-state index contributed by atoms with van der Waals surface area (Å²) in [7, 11) is 5.59. The van der Waals surface area contributed by atoms with E-state index in [2.05, 4.69) is 9.88 Å². The molecule has 1 amide bonds. The lowest BCUT2D eigenvalue weighted by molar-refractivity contribution is 0.0985. The van der Waals surface area contributed by atoms with Gasteiger partial charge in [-0.25, -0.2) is 9.37 Å². The molecule has 0 spiro atoms. The minimum atomic E-state index is -0.428. The lowest BCUT2D eigenvalue weighted by atomic mass is 10.2. The van der Waals surface area contributed by atoms with Gasteiger partial charge in [0.05, 0.1) is 17.3 Å². The number of rotatable bonds is 7. The van der Waals surface area contributed by atoms with Crippen LogP contribution in [0.25, 0.3) is 10.2 Å². The third-order valence-corrected chi connectivity index (χ3v) is 5.16. The number of carbonyl (C=O) groups is 1. The van der Waals surface area contributed by atoms with Gasteiger partial charge in [0.15, 0.2) is 5.13 Å². The first kappa shape index (κ1) is 19.3. The Kier molecular flexibility index (Phi) is 6.03. The summed E-state index contributed by atoms with van der Waals surface area (Å²) in [4.78, 5) is 21.4. The van der Waals surface area contributed by atoms with Crippen LogP contribution in [0.2, 0.25) is 0 Å². The van der Waals surface area contributed by atoms with Crippen LogP contribution in [0.3, 0.4) is 0 Å². The molecule has 0 radical (unpaired) electrons. The van der Waals surface area contributed by atoms with Gasteiger partial charge in [0, 0.05) is 12.1 Å². The van der Waals surface area contributed by atoms with Crippen LogP contribution in [0, 0.1) is 5.82 Å². The second-order valence-corrected chi connectivity index (χ2v) is 7.46. The van der Waals surface area contributed by atoms with Gasteiger partial charge in [-0.2, -0.15) is 0 Å². The molecule has 3 aromatic rings. The minimum absolute atomic E-state index is 0.251. The van der Waals surface area contributed by atoms with Gasteiger partial charge in [0.25, 0.3) is 5.91 Å². The molecule has 0 saturated heterocycles. The first-order valence-corrected chi connectivity index (χ1v) is 9.46. The molecule has 7 heteroatoms. The van der Waals surface area contributed by atoms with E-state index in [0.29, 0.717) is 17.2 Å². The van der Waals surface area contributed by atoms with Crippen LogP contribution in [-0.4, -0.2) is 50.1 Å². The van der Waals surface area contributed by atoms with Gasteiger partial charge in [-0.15, -0.1) is 0 Å². The van der Waals surface area contributed by atoms with E-state index in [0.717, 1.165) is 28.9 Å². The molecular weight excluding hydrogens is 365 g/mol. The van der Waals surface area contributed by atoms with Gasteiger partial charge < -0.3 is 9.64 Å². The maximum absolute atomic E-state index is 13.6. The summed E-state index contributed by atoms with van der Waals surface area (Å²) in [5.74, 6) is 0.0655. The van der Waals surface area contributed by atoms with Gasteiger partial charge in [-0.1, -0.05) is 17.4 Å². The second kappa shape index (κ2) is 8.45. The molecule has 0 aliphatic rings. The van der Waals surface area contributed by atoms with E-state index < -0.39 is 5.82 Å². The Balaban J connectivity index is 1.94. The number of carbonyl (C=O) groups excluding carboxylic acids is 1. The molecule has 2 aromatic carbocycles. The summed E-state index contributed by atoms with van der Waals surface area (Å²) in [5.41, 5.74) is 1.12. The lowest BCUT2D eigenvalue weighted by Crippen LogP contribution is -2.33. The first-order valence-electron chi connectivity index (χ1n) is 8.64. The number of nitrogens with zero attached hydrogens (tertiary/aromatic N) is 3. The van der Waals surface area contributed by atoms with Crippen molar-refractivity contribution in [1.82, 2.24) is 9.88 Å². The van der Waals surface area contributed by atoms with E-state index in [1.54, 1.807) is 24.1 Å². The van der Waals surface area contributed by atoms with Crippen molar-refractivity contribution in [2.45, 2.75) is 6.42 Å². The van der Waals surface area contributed by atoms with Crippen molar-refractivity contribution in [1.29, 1.82) is 0 Å². The van der Waals surface area contributed by atoms with E-state index in [4.69, 9.17) is 4.74 Å². The topological polar surface area (TPSA) is 45.7 Å². The summed E-state index contributed by atoms with van der Waals surface area (Å²) >= 11 is 1.43. The van der Waals surface area contributed by atoms with Crippen LogP contribution in [0.15, 0.2) is 42.5 Å². The molecular formula is C20H22FN3O2S. The number of hydrogen-bond donors (Lipinski definition) is 0. The zero-order valence-electron chi connectivity index (χ0n) is 15.6. The van der Waals surface area contributed by atoms with Crippen molar-refractivity contribution in [3.05, 3.63) is 53.8 Å². The van der Waals surface area contributed by atoms with Crippen LogP contribution >= 0.6 is 11.3 Å².